The number of aliphatic carboxylic acids is 1. The molecule has 144 valence electrons. The van der Waals surface area contributed by atoms with Gasteiger partial charge in [-0.25, -0.2) is 0 Å². The summed E-state index contributed by atoms with van der Waals surface area (Å²) in [5.74, 6) is 0.131. The molecule has 5 heteroatoms. The smallest absolute Gasteiger partial charge is 0.307 e. The number of unbranched alkanes of at least 4 members (excludes halogenated alkanes) is 1. The molecule has 0 heterocycles. The number of fused-ring (bicyclic) bond motifs is 2. The zero-order chi connectivity index (χ0) is 18.4. The summed E-state index contributed by atoms with van der Waals surface area (Å²) in [5.41, 5.74) is -0.148. The van der Waals surface area contributed by atoms with Crippen molar-refractivity contribution in [2.45, 2.75) is 77.7 Å². The number of carbonyl (C=O) groups excluding carboxylic acids is 1. The van der Waals surface area contributed by atoms with E-state index in [1.165, 1.54) is 19.3 Å². The van der Waals surface area contributed by atoms with Crippen LogP contribution in [0.3, 0.4) is 0 Å². The molecular formula is C20H34O5. The van der Waals surface area contributed by atoms with Gasteiger partial charge in [-0.15, -0.1) is 0 Å². The lowest BCUT2D eigenvalue weighted by Crippen LogP contribution is -2.24. The Kier molecular flexibility index (Phi) is 7.29. The molecule has 0 aromatic carbocycles. The first-order valence-corrected chi connectivity index (χ1v) is 9.77. The monoisotopic (exact) mass is 354 g/mol. The lowest BCUT2D eigenvalue weighted by molar-refractivity contribution is -0.152. The summed E-state index contributed by atoms with van der Waals surface area (Å²) >= 11 is 0. The van der Waals surface area contributed by atoms with Crippen molar-refractivity contribution in [3.05, 3.63) is 0 Å². The Hall–Kier alpha value is -1.10. The average molecular weight is 354 g/mol. The van der Waals surface area contributed by atoms with Crippen LogP contribution in [0.15, 0.2) is 0 Å². The summed E-state index contributed by atoms with van der Waals surface area (Å²) in [4.78, 5) is 23.5. The van der Waals surface area contributed by atoms with Crippen molar-refractivity contribution in [3.8, 4) is 0 Å². The topological polar surface area (TPSA) is 72.8 Å². The maximum Gasteiger partial charge on any atom is 0.307 e. The third-order valence-corrected chi connectivity index (χ3v) is 5.57. The molecule has 0 saturated heterocycles. The third kappa shape index (κ3) is 6.96. The van der Waals surface area contributed by atoms with Gasteiger partial charge in [0.2, 0.25) is 0 Å². The van der Waals surface area contributed by atoms with E-state index < -0.39 is 11.9 Å². The van der Waals surface area contributed by atoms with Crippen molar-refractivity contribution in [1.82, 2.24) is 0 Å². The van der Waals surface area contributed by atoms with E-state index in [0.29, 0.717) is 31.5 Å². The van der Waals surface area contributed by atoms with Crippen molar-refractivity contribution in [2.24, 2.45) is 23.7 Å². The first-order chi connectivity index (χ1) is 11.7. The maximum absolute atomic E-state index is 12.0. The van der Waals surface area contributed by atoms with Crippen LogP contribution < -0.4 is 0 Å². The standard InChI is InChI=1S/C20H34O5/c1-20(2,3)25-9-5-4-8-24-18(21)13-17(19(22)23)12-16-11-14-6-7-15(16)10-14/h14-17H,4-13H2,1-3H3,(H,22,23). The molecule has 5 nitrogen and oxygen atoms in total. The Bertz CT molecular complexity index is 453. The average Bonchev–Trinajstić information content (AvgIpc) is 3.11. The quantitative estimate of drug-likeness (QED) is 0.473. The molecule has 1 N–H and O–H groups in total. The SMILES string of the molecule is CC(C)(C)OCCCCOC(=O)CC(CC1CC2CCC1C2)C(=O)O. The number of ether oxygens (including phenoxy) is 2. The van der Waals surface area contributed by atoms with Gasteiger partial charge < -0.3 is 14.6 Å². The minimum atomic E-state index is -0.863. The van der Waals surface area contributed by atoms with Crippen LogP contribution in [-0.4, -0.2) is 35.9 Å². The summed E-state index contributed by atoms with van der Waals surface area (Å²) in [5, 5.41) is 9.45. The highest BCUT2D eigenvalue weighted by atomic mass is 16.5. The number of rotatable bonds is 10. The predicted molar refractivity (Wildman–Crippen MR) is 95.2 cm³/mol. The van der Waals surface area contributed by atoms with Gasteiger partial charge in [0.05, 0.1) is 24.5 Å². The number of carbonyl (C=O) groups is 2. The highest BCUT2D eigenvalue weighted by Crippen LogP contribution is 2.50. The summed E-state index contributed by atoms with van der Waals surface area (Å²) in [6.07, 6.45) is 7.16. The fourth-order valence-corrected chi connectivity index (χ4v) is 4.33. The molecule has 2 fully saturated rings. The first-order valence-electron chi connectivity index (χ1n) is 9.77. The summed E-state index contributed by atoms with van der Waals surface area (Å²) in [6, 6.07) is 0. The number of carboxylic acid groups (broad SMARTS) is 1. The largest absolute Gasteiger partial charge is 0.481 e. The van der Waals surface area contributed by atoms with E-state index in [4.69, 9.17) is 9.47 Å². The molecule has 0 amide bonds. The van der Waals surface area contributed by atoms with Gasteiger partial charge in [0.1, 0.15) is 0 Å². The molecular weight excluding hydrogens is 320 g/mol. The van der Waals surface area contributed by atoms with Gasteiger partial charge in [-0.05, 0) is 77.0 Å². The van der Waals surface area contributed by atoms with Crippen molar-refractivity contribution in [2.75, 3.05) is 13.2 Å². The van der Waals surface area contributed by atoms with E-state index >= 15 is 0 Å². The van der Waals surface area contributed by atoms with Crippen LogP contribution in [0.25, 0.3) is 0 Å². The molecule has 25 heavy (non-hydrogen) atoms. The van der Waals surface area contributed by atoms with E-state index in [2.05, 4.69) is 0 Å². The Balaban J connectivity index is 1.62. The zero-order valence-electron chi connectivity index (χ0n) is 16.0. The number of hydrogen-bond acceptors (Lipinski definition) is 4. The highest BCUT2D eigenvalue weighted by molar-refractivity contribution is 5.78. The molecule has 2 rings (SSSR count). The van der Waals surface area contributed by atoms with Crippen molar-refractivity contribution in [1.29, 1.82) is 0 Å². The fraction of sp³-hybridized carbons (Fsp3) is 0.900. The first kappa shape index (κ1) is 20.2. The third-order valence-electron chi connectivity index (χ3n) is 5.57. The van der Waals surface area contributed by atoms with Crippen molar-refractivity contribution in [3.63, 3.8) is 0 Å². The van der Waals surface area contributed by atoms with Crippen LogP contribution in [-0.2, 0) is 19.1 Å². The van der Waals surface area contributed by atoms with E-state index in [0.717, 1.165) is 25.2 Å². The second-order valence-corrected chi connectivity index (χ2v) is 8.80. The molecule has 0 spiro atoms. The van der Waals surface area contributed by atoms with E-state index in [1.807, 2.05) is 20.8 Å². The van der Waals surface area contributed by atoms with Gasteiger partial charge in [0.15, 0.2) is 0 Å². The minimum Gasteiger partial charge on any atom is -0.481 e. The highest BCUT2D eigenvalue weighted by Gasteiger charge is 2.41. The molecule has 2 saturated carbocycles. The Labute approximate surface area is 151 Å². The Morgan fingerprint density at radius 3 is 2.40 bits per heavy atom. The molecule has 2 aliphatic rings. The van der Waals surface area contributed by atoms with E-state index in [9.17, 15) is 14.7 Å². The summed E-state index contributed by atoms with van der Waals surface area (Å²) in [6.45, 7) is 7.01. The van der Waals surface area contributed by atoms with Crippen LogP contribution in [0.5, 0.6) is 0 Å². The van der Waals surface area contributed by atoms with Crippen LogP contribution >= 0.6 is 0 Å². The number of carboxylic acids is 1. The van der Waals surface area contributed by atoms with Crippen LogP contribution in [0, 0.1) is 23.7 Å². The second-order valence-electron chi connectivity index (χ2n) is 8.80. The molecule has 0 aliphatic heterocycles. The molecule has 0 aromatic rings. The van der Waals surface area contributed by atoms with Gasteiger partial charge in [-0.3, -0.25) is 9.59 Å². The lowest BCUT2D eigenvalue weighted by atomic mass is 9.81. The van der Waals surface area contributed by atoms with Gasteiger partial charge in [-0.2, -0.15) is 0 Å². The summed E-state index contributed by atoms with van der Waals surface area (Å²) in [7, 11) is 0. The van der Waals surface area contributed by atoms with Gasteiger partial charge in [-0.1, -0.05) is 6.42 Å². The minimum absolute atomic E-state index is 0.00170. The molecule has 2 aliphatic carbocycles. The van der Waals surface area contributed by atoms with Crippen LogP contribution in [0.2, 0.25) is 0 Å². The van der Waals surface area contributed by atoms with E-state index in [-0.39, 0.29) is 18.0 Å². The Morgan fingerprint density at radius 2 is 1.84 bits per heavy atom. The molecule has 0 aromatic heterocycles. The van der Waals surface area contributed by atoms with E-state index in [1.54, 1.807) is 0 Å². The lowest BCUT2D eigenvalue weighted by Gasteiger charge is -2.24. The van der Waals surface area contributed by atoms with Crippen molar-refractivity contribution >= 4 is 11.9 Å². The molecule has 0 radical (unpaired) electrons. The van der Waals surface area contributed by atoms with Crippen molar-refractivity contribution < 1.29 is 24.2 Å². The molecule has 2 bridgehead atoms. The normalized spacial score (nSPS) is 26.6. The van der Waals surface area contributed by atoms with Crippen LogP contribution in [0.1, 0.15) is 72.1 Å². The zero-order valence-corrected chi connectivity index (χ0v) is 16.0. The van der Waals surface area contributed by atoms with Gasteiger partial charge >= 0.3 is 11.9 Å². The van der Waals surface area contributed by atoms with Gasteiger partial charge in [0.25, 0.3) is 0 Å². The second kappa shape index (κ2) is 9.02. The number of esters is 1. The molecule has 4 atom stereocenters. The van der Waals surface area contributed by atoms with Crippen LogP contribution in [0.4, 0.5) is 0 Å². The van der Waals surface area contributed by atoms with Gasteiger partial charge in [0, 0.05) is 6.61 Å². The Morgan fingerprint density at radius 1 is 1.12 bits per heavy atom. The fourth-order valence-electron chi connectivity index (χ4n) is 4.33. The summed E-state index contributed by atoms with van der Waals surface area (Å²) < 4.78 is 10.8. The number of hydrogen-bond donors (Lipinski definition) is 1. The maximum atomic E-state index is 12.0. The molecule has 4 unspecified atom stereocenters. The predicted octanol–water partition coefficient (Wildman–Crippen LogP) is 4.04.